The first-order chi connectivity index (χ1) is 21.6. The molecule has 1 fully saturated rings. The molecule has 0 bridgehead atoms. The Hall–Kier alpha value is 0.580. The van der Waals surface area contributed by atoms with E-state index in [2.05, 4.69) is 22.6 Å². The van der Waals surface area contributed by atoms with E-state index in [4.69, 9.17) is 18.5 Å². The highest BCUT2D eigenvalue weighted by molar-refractivity contribution is 7.48. The summed E-state index contributed by atoms with van der Waals surface area (Å²) in [5.74, 6) is 0. The van der Waals surface area contributed by atoms with Gasteiger partial charge in [0.25, 0.3) is 0 Å². The van der Waals surface area contributed by atoms with E-state index in [1.165, 1.54) is 7.11 Å². The zero-order valence-corrected chi connectivity index (χ0v) is 30.1. The zero-order chi connectivity index (χ0) is 37.4. The van der Waals surface area contributed by atoms with Crippen molar-refractivity contribution in [3.8, 4) is 0 Å². The van der Waals surface area contributed by atoms with Crippen molar-refractivity contribution in [1.82, 2.24) is 0 Å². The van der Waals surface area contributed by atoms with Crippen molar-refractivity contribution in [2.75, 3.05) is 26.9 Å². The molecule has 0 spiro atoms. The van der Waals surface area contributed by atoms with E-state index in [1.54, 1.807) is 0 Å². The molecular formula is C16H38O26P6. The Kier molecular flexibility index (Phi) is 18.5. The molecule has 0 aliphatic heterocycles. The second-order valence-corrected chi connectivity index (χ2v) is 17.0. The molecule has 0 radical (unpaired) electrons. The summed E-state index contributed by atoms with van der Waals surface area (Å²) in [4.78, 5) is 105. The Morgan fingerprint density at radius 3 is 1.12 bits per heavy atom. The van der Waals surface area contributed by atoms with Crippen LogP contribution >= 0.6 is 46.9 Å². The number of ether oxygens (including phenoxy) is 2. The molecule has 11 N–H and O–H groups in total. The smallest absolute Gasteiger partial charge is 0.382 e. The molecule has 26 nitrogen and oxygen atoms in total. The summed E-state index contributed by atoms with van der Waals surface area (Å²) in [5, 5.41) is 0. The third-order valence-electron chi connectivity index (χ3n) is 5.62. The molecule has 0 heterocycles. The predicted octanol–water partition coefficient (Wildman–Crippen LogP) is -0.496. The SMILES string of the molecule is CCCCCCO[C@H](COC)COP(=O)(O)OC1[C@H](OP(=O)(O)O)[C@H](OP(=O)(O)O)C(OP(=O)(O)O)[C@H](OP(=O)(O)O)[C@H]1OP(=O)(O)O. The minimum Gasteiger partial charge on any atom is -0.382 e. The van der Waals surface area contributed by atoms with Gasteiger partial charge < -0.3 is 63.3 Å². The summed E-state index contributed by atoms with van der Waals surface area (Å²) < 4.78 is 114. The Morgan fingerprint density at radius 1 is 0.500 bits per heavy atom. The van der Waals surface area contributed by atoms with Gasteiger partial charge in [-0.15, -0.1) is 0 Å². The molecule has 1 saturated carbocycles. The first kappa shape index (κ1) is 46.6. The topological polar surface area (TPSA) is 408 Å². The fourth-order valence-electron chi connectivity index (χ4n) is 4.10. The van der Waals surface area contributed by atoms with Crippen LogP contribution in [0.4, 0.5) is 0 Å². The molecule has 0 aromatic carbocycles. The Labute approximate surface area is 271 Å². The van der Waals surface area contributed by atoms with Crippen LogP contribution < -0.4 is 0 Å². The maximum atomic E-state index is 13.1. The average molecular weight is 832 g/mol. The molecule has 0 amide bonds. The minimum atomic E-state index is -6.07. The van der Waals surface area contributed by atoms with E-state index in [1.807, 2.05) is 6.92 Å². The van der Waals surface area contributed by atoms with Crippen molar-refractivity contribution in [3.05, 3.63) is 0 Å². The van der Waals surface area contributed by atoms with Crippen LogP contribution in [0.2, 0.25) is 0 Å². The van der Waals surface area contributed by atoms with Gasteiger partial charge in [-0.1, -0.05) is 26.2 Å². The third kappa shape index (κ3) is 19.4. The Balaban J connectivity index is 3.80. The van der Waals surface area contributed by atoms with Crippen molar-refractivity contribution < 1.29 is 122 Å². The van der Waals surface area contributed by atoms with Crippen molar-refractivity contribution in [2.24, 2.45) is 0 Å². The van der Waals surface area contributed by atoms with Crippen LogP contribution in [0.15, 0.2) is 0 Å². The molecule has 0 aromatic rings. The number of unbranched alkanes of at least 4 members (excludes halogenated alkanes) is 3. The highest BCUT2D eigenvalue weighted by Gasteiger charge is 2.63. The molecule has 0 saturated heterocycles. The van der Waals surface area contributed by atoms with E-state index in [0.29, 0.717) is 6.42 Å². The maximum absolute atomic E-state index is 13.1. The lowest BCUT2D eigenvalue weighted by Crippen LogP contribution is -2.66. The van der Waals surface area contributed by atoms with E-state index in [9.17, 15) is 81.2 Å². The molecule has 288 valence electrons. The Morgan fingerprint density at radius 2 is 0.833 bits per heavy atom. The molecule has 32 heteroatoms. The van der Waals surface area contributed by atoms with Crippen molar-refractivity contribution in [1.29, 1.82) is 0 Å². The number of methoxy groups -OCH3 is 1. The van der Waals surface area contributed by atoms with E-state index in [-0.39, 0.29) is 13.2 Å². The van der Waals surface area contributed by atoms with Crippen molar-refractivity contribution in [3.63, 3.8) is 0 Å². The normalized spacial score (nSPS) is 26.7. The first-order valence-electron chi connectivity index (χ1n) is 13.0. The van der Waals surface area contributed by atoms with Crippen LogP contribution in [0.25, 0.3) is 0 Å². The monoisotopic (exact) mass is 832 g/mol. The predicted molar refractivity (Wildman–Crippen MR) is 151 cm³/mol. The fourth-order valence-corrected chi connectivity index (χ4v) is 7.85. The molecule has 0 aromatic heterocycles. The number of hydrogen-bond donors (Lipinski definition) is 11. The summed E-state index contributed by atoms with van der Waals surface area (Å²) in [6.07, 6.45) is -16.8. The minimum absolute atomic E-state index is 0.108. The number of rotatable bonds is 23. The number of phosphoric ester groups is 6. The van der Waals surface area contributed by atoms with Crippen LogP contribution in [0.3, 0.4) is 0 Å². The lowest BCUT2D eigenvalue weighted by molar-refractivity contribution is -0.202. The highest BCUT2D eigenvalue weighted by atomic mass is 31.2. The largest absolute Gasteiger partial charge is 0.472 e. The fraction of sp³-hybridized carbons (Fsp3) is 1.00. The van der Waals surface area contributed by atoms with E-state index < -0.39 is 96.3 Å². The van der Waals surface area contributed by atoms with Gasteiger partial charge in [0.1, 0.15) is 42.7 Å². The lowest BCUT2D eigenvalue weighted by atomic mass is 9.85. The second-order valence-electron chi connectivity index (χ2n) is 9.65. The van der Waals surface area contributed by atoms with Crippen LogP contribution in [0, 0.1) is 0 Å². The molecule has 1 rings (SSSR count). The van der Waals surface area contributed by atoms with Crippen LogP contribution in [-0.4, -0.2) is 123 Å². The summed E-state index contributed by atoms with van der Waals surface area (Å²) >= 11 is 0. The first-order valence-corrected chi connectivity index (χ1v) is 22.2. The van der Waals surface area contributed by atoms with E-state index in [0.717, 1.165) is 19.3 Å². The average Bonchev–Trinajstić information content (AvgIpc) is 2.85. The molecule has 1 aliphatic carbocycles. The van der Waals surface area contributed by atoms with Crippen LogP contribution in [0.5, 0.6) is 0 Å². The number of phosphoric acid groups is 6. The summed E-state index contributed by atoms with van der Waals surface area (Å²) in [6, 6.07) is 0. The Bertz CT molecular complexity index is 1220. The summed E-state index contributed by atoms with van der Waals surface area (Å²) in [6.45, 7) is 0.926. The van der Waals surface area contributed by atoms with Gasteiger partial charge >= 0.3 is 46.9 Å². The number of hydrogen-bond acceptors (Lipinski definition) is 15. The van der Waals surface area contributed by atoms with Gasteiger partial charge in [0.2, 0.25) is 0 Å². The van der Waals surface area contributed by atoms with E-state index >= 15 is 0 Å². The van der Waals surface area contributed by atoms with Crippen molar-refractivity contribution >= 4 is 46.9 Å². The standard InChI is InChI=1S/C16H38O26P6/c1-3-4-5-6-7-35-10(8-34-2)9-36-48(32,33)42-16-14(40-46(26,27)28)12(38-44(20,21)22)11(37-43(17,18)19)13(39-45(23,24)25)15(16)41-47(29,30)31/h10-16H,3-9H2,1-2H3,(H,32,33)(H2,17,18,19)(H2,20,21,22)(H2,23,24,25)(H2,26,27,28)(H2,29,30,31)/t10-,11?,12-,13+,14-,15-,16?/m1/s1. The molecule has 48 heavy (non-hydrogen) atoms. The quantitative estimate of drug-likeness (QED) is 0.0457. The molecule has 3 unspecified atom stereocenters. The third-order valence-corrected chi connectivity index (χ3v) is 9.20. The van der Waals surface area contributed by atoms with Gasteiger partial charge in [0.05, 0.1) is 13.2 Å². The molecule has 1 aliphatic rings. The van der Waals surface area contributed by atoms with Gasteiger partial charge in [0.15, 0.2) is 0 Å². The maximum Gasteiger partial charge on any atom is 0.472 e. The van der Waals surface area contributed by atoms with Gasteiger partial charge in [-0.05, 0) is 6.42 Å². The summed E-state index contributed by atoms with van der Waals surface area (Å²) in [7, 11) is -34.9. The lowest BCUT2D eigenvalue weighted by Gasteiger charge is -2.48. The second kappa shape index (κ2) is 19.1. The zero-order valence-electron chi connectivity index (χ0n) is 24.7. The van der Waals surface area contributed by atoms with Gasteiger partial charge in [-0.2, -0.15) is 0 Å². The molecule has 8 atom stereocenters. The summed E-state index contributed by atoms with van der Waals surface area (Å²) in [5.41, 5.74) is 0. The van der Waals surface area contributed by atoms with Crippen molar-refractivity contribution in [2.45, 2.75) is 75.3 Å². The van der Waals surface area contributed by atoms with Gasteiger partial charge in [0, 0.05) is 13.7 Å². The van der Waals surface area contributed by atoms with Gasteiger partial charge in [-0.3, -0.25) is 31.7 Å². The highest BCUT2D eigenvalue weighted by Crippen LogP contribution is 2.58. The van der Waals surface area contributed by atoms with Gasteiger partial charge in [-0.25, -0.2) is 27.4 Å². The van der Waals surface area contributed by atoms with Crippen LogP contribution in [0.1, 0.15) is 32.6 Å². The molecular weight excluding hydrogens is 794 g/mol. The van der Waals surface area contributed by atoms with Crippen LogP contribution in [-0.2, 0) is 68.5 Å².